The number of ketones is 1. The van der Waals surface area contributed by atoms with Gasteiger partial charge in [-0.15, -0.1) is 0 Å². The Morgan fingerprint density at radius 1 is 0.705 bits per heavy atom. The molecule has 5 nitrogen and oxygen atoms in total. The minimum Gasteiger partial charge on any atom is -0.481 e. The van der Waals surface area contributed by atoms with Crippen LogP contribution in [-0.4, -0.2) is 34.2 Å². The normalized spacial score (nSPS) is 19.3. The summed E-state index contributed by atoms with van der Waals surface area (Å²) < 4.78 is 0. The lowest BCUT2D eigenvalue weighted by Crippen LogP contribution is -2.55. The van der Waals surface area contributed by atoms with E-state index in [-0.39, 0.29) is 23.5 Å². The van der Waals surface area contributed by atoms with Crippen LogP contribution in [0.2, 0.25) is 0 Å². The molecule has 1 amide bonds. The van der Waals surface area contributed by atoms with E-state index in [1.165, 1.54) is 0 Å². The molecule has 1 saturated heterocycles. The average molecular weight is 585 g/mol. The number of carboxylic acids is 1. The summed E-state index contributed by atoms with van der Waals surface area (Å²) in [6.45, 7) is 2.08. The Labute approximate surface area is 259 Å². The van der Waals surface area contributed by atoms with Crippen molar-refractivity contribution in [2.75, 3.05) is 6.54 Å². The van der Waals surface area contributed by atoms with Crippen molar-refractivity contribution in [3.63, 3.8) is 0 Å². The first-order valence-corrected chi connectivity index (χ1v) is 15.7. The third-order valence-corrected chi connectivity index (χ3v) is 9.57. The van der Waals surface area contributed by atoms with E-state index in [1.54, 1.807) is 19.1 Å². The zero-order chi connectivity index (χ0) is 30.7. The molecule has 0 spiro atoms. The quantitative estimate of drug-likeness (QED) is 0.201. The van der Waals surface area contributed by atoms with Crippen LogP contribution in [-0.2, 0) is 15.1 Å². The molecule has 1 N–H and O–H groups in total. The van der Waals surface area contributed by atoms with Crippen molar-refractivity contribution in [2.24, 2.45) is 11.8 Å². The van der Waals surface area contributed by atoms with Crippen molar-refractivity contribution in [3.8, 4) is 22.3 Å². The molecule has 2 atom stereocenters. The second-order valence-corrected chi connectivity index (χ2v) is 12.1. The lowest BCUT2D eigenvalue weighted by molar-refractivity contribution is -0.144. The fraction of sp³-hybridized carbons (Fsp3) is 0.282. The number of carboxylic acid groups (broad SMARTS) is 1. The largest absolute Gasteiger partial charge is 0.481 e. The Morgan fingerprint density at radius 3 is 1.73 bits per heavy atom. The van der Waals surface area contributed by atoms with E-state index in [9.17, 15) is 19.5 Å². The Kier molecular flexibility index (Phi) is 8.47. The second-order valence-electron chi connectivity index (χ2n) is 12.1. The molecule has 0 bridgehead atoms. The highest BCUT2D eigenvalue weighted by atomic mass is 16.4. The number of nitrogens with zero attached hydrogens (tertiary/aromatic N) is 1. The highest BCUT2D eigenvalue weighted by Gasteiger charge is 2.57. The van der Waals surface area contributed by atoms with Gasteiger partial charge in [0.25, 0.3) is 0 Å². The smallest absolute Gasteiger partial charge is 0.307 e. The van der Waals surface area contributed by atoms with Gasteiger partial charge in [0, 0.05) is 18.0 Å². The van der Waals surface area contributed by atoms with E-state index in [0.29, 0.717) is 24.9 Å². The number of rotatable bonds is 9. The van der Waals surface area contributed by atoms with Gasteiger partial charge in [-0.2, -0.15) is 0 Å². The van der Waals surface area contributed by atoms with Crippen LogP contribution in [0.1, 0.15) is 61.4 Å². The number of amides is 1. The summed E-state index contributed by atoms with van der Waals surface area (Å²) in [5.74, 6) is -2.30. The van der Waals surface area contributed by atoms with Crippen LogP contribution in [0.25, 0.3) is 22.3 Å². The van der Waals surface area contributed by atoms with Gasteiger partial charge in [0.05, 0.1) is 17.4 Å². The van der Waals surface area contributed by atoms with Gasteiger partial charge in [0.1, 0.15) is 0 Å². The van der Waals surface area contributed by atoms with E-state index in [0.717, 1.165) is 53.5 Å². The number of Topliss-reactive ketones (excluding diaryl/α,β-unsaturated/α-hetero) is 1. The first-order valence-electron chi connectivity index (χ1n) is 15.7. The fourth-order valence-electron chi connectivity index (χ4n) is 7.28. The molecule has 1 aliphatic carbocycles. The molecule has 2 aliphatic rings. The Bertz CT molecular complexity index is 1610. The number of likely N-dealkylation sites (tertiary alicyclic amines) is 1. The minimum atomic E-state index is -1.15. The molecule has 0 aromatic heterocycles. The summed E-state index contributed by atoms with van der Waals surface area (Å²) in [4.78, 5) is 43.5. The maximum atomic E-state index is 14.6. The van der Waals surface area contributed by atoms with Crippen LogP contribution < -0.4 is 0 Å². The van der Waals surface area contributed by atoms with Crippen LogP contribution in [0, 0.1) is 17.8 Å². The lowest BCUT2D eigenvalue weighted by Gasteiger charge is -2.46. The molecule has 4 aromatic carbocycles. The number of hydrogen-bond donors (Lipinski definition) is 1. The van der Waals surface area contributed by atoms with Crippen LogP contribution in [0.5, 0.6) is 0 Å². The molecule has 1 heterocycles. The molecule has 1 saturated carbocycles. The Hall–Kier alpha value is -4.51. The predicted molar refractivity (Wildman–Crippen MR) is 173 cm³/mol. The molecule has 1 aliphatic heterocycles. The zero-order valence-corrected chi connectivity index (χ0v) is 25.1. The Balaban J connectivity index is 1.47. The third kappa shape index (κ3) is 5.47. The highest BCUT2D eigenvalue weighted by Crippen LogP contribution is 2.51. The van der Waals surface area contributed by atoms with E-state index in [1.807, 2.05) is 102 Å². The van der Waals surface area contributed by atoms with Gasteiger partial charge in [-0.1, -0.05) is 129 Å². The predicted octanol–water partition coefficient (Wildman–Crippen LogP) is 8.21. The molecule has 5 heteroatoms. The minimum absolute atomic E-state index is 0.0365. The number of benzene rings is 4. The molecule has 1 radical (unpaired) electrons. The van der Waals surface area contributed by atoms with Gasteiger partial charge in [-0.05, 0) is 53.5 Å². The zero-order valence-electron chi connectivity index (χ0n) is 25.1. The van der Waals surface area contributed by atoms with Crippen molar-refractivity contribution in [1.82, 2.24) is 4.90 Å². The monoisotopic (exact) mass is 584 g/mol. The molecular formula is C39H38NO4. The van der Waals surface area contributed by atoms with E-state index >= 15 is 0 Å². The van der Waals surface area contributed by atoms with Crippen molar-refractivity contribution in [2.45, 2.75) is 51.0 Å². The third-order valence-electron chi connectivity index (χ3n) is 9.57. The van der Waals surface area contributed by atoms with Gasteiger partial charge in [0.15, 0.2) is 5.78 Å². The molecule has 6 rings (SSSR count). The molecule has 2 fully saturated rings. The summed E-state index contributed by atoms with van der Waals surface area (Å²) in [7, 11) is 0. The lowest BCUT2D eigenvalue weighted by atomic mass is 9.67. The summed E-state index contributed by atoms with van der Waals surface area (Å²) >= 11 is 0. The van der Waals surface area contributed by atoms with Crippen LogP contribution in [0.4, 0.5) is 0 Å². The maximum absolute atomic E-state index is 14.6. The number of carbonyl (C=O) groups excluding carboxylic acids is 2. The molecule has 223 valence electrons. The maximum Gasteiger partial charge on any atom is 0.307 e. The molecule has 4 aromatic rings. The standard InChI is InChI=1S/C39H38NO4/c1-27(38(43)44)35(36(41)32-19-17-30(18-20-32)28-11-4-2-5-12-28)39(25-10-26-40(39)37(42)33-15-8-9-16-33)34-23-21-31(22-24-34)29-13-6-3-7-14-29/h2-7,11-14,17-24,27,33H,8-10,15-16,25-26H2,1H3,(H,43,44)/t27?,39-/m1/s1. The van der Waals surface area contributed by atoms with Gasteiger partial charge in [-0.25, -0.2) is 0 Å². The van der Waals surface area contributed by atoms with Crippen LogP contribution >= 0.6 is 0 Å². The van der Waals surface area contributed by atoms with Gasteiger partial charge in [0.2, 0.25) is 5.91 Å². The fourth-order valence-corrected chi connectivity index (χ4v) is 7.28. The van der Waals surface area contributed by atoms with Crippen LogP contribution in [0.15, 0.2) is 109 Å². The summed E-state index contributed by atoms with van der Waals surface area (Å²) in [6, 6.07) is 35.4. The molecule has 44 heavy (non-hydrogen) atoms. The Morgan fingerprint density at radius 2 is 1.20 bits per heavy atom. The SMILES string of the molecule is CC([C](C(=O)c1ccc(-c2ccccc2)cc1)[C@]1(c2ccc(-c3ccccc3)cc2)CCCN1C(=O)C1CCCC1)C(=O)O. The van der Waals surface area contributed by atoms with Crippen molar-refractivity contribution >= 4 is 17.7 Å². The summed E-state index contributed by atoms with van der Waals surface area (Å²) in [6.07, 6.45) is 4.87. The van der Waals surface area contributed by atoms with Gasteiger partial charge in [-0.3, -0.25) is 14.4 Å². The van der Waals surface area contributed by atoms with Gasteiger partial charge >= 0.3 is 5.97 Å². The van der Waals surface area contributed by atoms with Crippen LogP contribution in [0.3, 0.4) is 0 Å². The first kappa shape index (κ1) is 29.6. The second kappa shape index (κ2) is 12.6. The molecule has 1 unspecified atom stereocenters. The summed E-state index contributed by atoms with van der Waals surface area (Å²) in [5.41, 5.74) is 4.16. The van der Waals surface area contributed by atoms with Crippen molar-refractivity contribution in [3.05, 3.63) is 126 Å². The topological polar surface area (TPSA) is 74.7 Å². The first-order chi connectivity index (χ1) is 21.4. The van der Waals surface area contributed by atoms with Crippen molar-refractivity contribution in [1.29, 1.82) is 0 Å². The van der Waals surface area contributed by atoms with Gasteiger partial charge < -0.3 is 10.0 Å². The average Bonchev–Trinajstić information content (AvgIpc) is 3.77. The van der Waals surface area contributed by atoms with E-state index in [2.05, 4.69) is 0 Å². The number of hydrogen-bond acceptors (Lipinski definition) is 3. The molecular weight excluding hydrogens is 546 g/mol. The number of carbonyl (C=O) groups is 3. The number of aliphatic carboxylic acids is 1. The van der Waals surface area contributed by atoms with Crippen molar-refractivity contribution < 1.29 is 19.5 Å². The highest BCUT2D eigenvalue weighted by molar-refractivity contribution is 6.10. The van der Waals surface area contributed by atoms with E-state index < -0.39 is 17.4 Å². The summed E-state index contributed by atoms with van der Waals surface area (Å²) in [5, 5.41) is 10.4. The van der Waals surface area contributed by atoms with E-state index in [4.69, 9.17) is 0 Å².